The van der Waals surface area contributed by atoms with Gasteiger partial charge < -0.3 is 0 Å². The highest BCUT2D eigenvalue weighted by Crippen LogP contribution is 2.44. The number of alkyl halides is 3. The summed E-state index contributed by atoms with van der Waals surface area (Å²) in [6.45, 7) is 7.24. The van der Waals surface area contributed by atoms with E-state index in [1.165, 1.54) is 6.07 Å². The lowest BCUT2D eigenvalue weighted by Gasteiger charge is -2.08. The van der Waals surface area contributed by atoms with E-state index < -0.39 is 11.7 Å². The first-order valence-corrected chi connectivity index (χ1v) is 7.45. The minimum Gasteiger partial charge on any atom is -0.245 e. The number of hydrogen-bond acceptors (Lipinski definition) is 3. The molecule has 2 aromatic carbocycles. The quantitative estimate of drug-likeness (QED) is 0.338. The summed E-state index contributed by atoms with van der Waals surface area (Å²) < 4.78 is 38.9. The number of rotatable bonds is 0. The Hall–Kier alpha value is -3.71. The number of hydrogen-bond donors (Lipinski definition) is 0. The predicted octanol–water partition coefficient (Wildman–Crippen LogP) is 4.83. The van der Waals surface area contributed by atoms with Crippen molar-refractivity contribution in [3.05, 3.63) is 76.4 Å². The summed E-state index contributed by atoms with van der Waals surface area (Å²) in [5, 5.41) is 9.28. The zero-order chi connectivity index (χ0) is 18.5. The van der Waals surface area contributed by atoms with Crippen LogP contribution in [0.25, 0.3) is 32.7 Å². The second-order valence-electron chi connectivity index (χ2n) is 5.61. The van der Waals surface area contributed by atoms with Crippen LogP contribution in [0.2, 0.25) is 0 Å². The molecule has 0 atom stereocenters. The van der Waals surface area contributed by atoms with Gasteiger partial charge in [0.05, 0.1) is 40.6 Å². The fourth-order valence-corrected chi connectivity index (χ4v) is 3.00. The molecule has 0 bridgehead atoms. The molecule has 1 aliphatic rings. The molecule has 0 N–H and O–H groups in total. The Bertz CT molecular complexity index is 1180. The first kappa shape index (κ1) is 15.8. The van der Waals surface area contributed by atoms with Crippen molar-refractivity contribution in [2.75, 3.05) is 0 Å². The molecular formula is C19H7F3N4. The van der Waals surface area contributed by atoms with Gasteiger partial charge in [-0.3, -0.25) is 0 Å². The van der Waals surface area contributed by atoms with Crippen LogP contribution in [0.5, 0.6) is 0 Å². The average Bonchev–Trinajstić information content (AvgIpc) is 2.94. The van der Waals surface area contributed by atoms with Gasteiger partial charge in [-0.1, -0.05) is 24.3 Å². The first-order chi connectivity index (χ1) is 12.4. The zero-order valence-corrected chi connectivity index (χ0v) is 13.0. The van der Waals surface area contributed by atoms with Crippen LogP contribution < -0.4 is 0 Å². The third-order valence-electron chi connectivity index (χ3n) is 4.13. The minimum absolute atomic E-state index is 0.107. The monoisotopic (exact) mass is 348 g/mol. The smallest absolute Gasteiger partial charge is 0.245 e. The van der Waals surface area contributed by atoms with Crippen molar-refractivity contribution in [1.29, 1.82) is 5.26 Å². The Labute approximate surface area is 145 Å². The number of allylic oxidation sites excluding steroid dienone is 1. The van der Waals surface area contributed by atoms with E-state index in [0.717, 1.165) is 12.1 Å². The molecular weight excluding hydrogens is 341 g/mol. The summed E-state index contributed by atoms with van der Waals surface area (Å²) in [6, 6.07) is 12.0. The van der Waals surface area contributed by atoms with Crippen LogP contribution in [0.3, 0.4) is 0 Å². The second kappa shape index (κ2) is 5.40. The number of benzene rings is 2. The third kappa shape index (κ3) is 2.22. The molecule has 3 aromatic rings. The van der Waals surface area contributed by atoms with E-state index in [1.807, 2.05) is 6.07 Å². The normalized spacial score (nSPS) is 14.3. The molecule has 1 aromatic heterocycles. The van der Waals surface area contributed by atoms with Crippen molar-refractivity contribution in [2.45, 2.75) is 6.18 Å². The fourth-order valence-electron chi connectivity index (χ4n) is 3.00. The van der Waals surface area contributed by atoms with Crippen molar-refractivity contribution >= 4 is 16.6 Å². The van der Waals surface area contributed by atoms with Gasteiger partial charge in [-0.2, -0.15) is 13.2 Å². The van der Waals surface area contributed by atoms with Crippen LogP contribution in [0.4, 0.5) is 13.2 Å². The van der Waals surface area contributed by atoms with Crippen molar-refractivity contribution in [3.8, 4) is 17.3 Å². The zero-order valence-electron chi connectivity index (χ0n) is 13.0. The van der Waals surface area contributed by atoms with Gasteiger partial charge in [0.1, 0.15) is 0 Å². The van der Waals surface area contributed by atoms with E-state index in [-0.39, 0.29) is 16.7 Å². The van der Waals surface area contributed by atoms with Crippen molar-refractivity contribution in [3.63, 3.8) is 0 Å². The van der Waals surface area contributed by atoms with Crippen molar-refractivity contribution in [1.82, 2.24) is 9.97 Å². The molecule has 0 amide bonds. The van der Waals surface area contributed by atoms with Crippen molar-refractivity contribution < 1.29 is 13.2 Å². The summed E-state index contributed by atoms with van der Waals surface area (Å²) >= 11 is 0. The molecule has 0 fully saturated rings. The van der Waals surface area contributed by atoms with Gasteiger partial charge in [0, 0.05) is 11.1 Å². The molecule has 4 rings (SSSR count). The van der Waals surface area contributed by atoms with Crippen LogP contribution in [0.1, 0.15) is 16.8 Å². The number of halogens is 3. The average molecular weight is 348 g/mol. The van der Waals surface area contributed by atoms with Gasteiger partial charge in [0.25, 0.3) is 5.70 Å². The number of fused-ring (bicyclic) bond motifs is 4. The van der Waals surface area contributed by atoms with Gasteiger partial charge in [-0.25, -0.2) is 20.1 Å². The summed E-state index contributed by atoms with van der Waals surface area (Å²) in [4.78, 5) is 12.0. The van der Waals surface area contributed by atoms with E-state index in [1.54, 1.807) is 24.3 Å². The summed E-state index contributed by atoms with van der Waals surface area (Å²) in [6.07, 6.45) is -4.48. The standard InChI is InChI=1S/C19H7F3N4/c1-24-15(9-23)16-11-4-2-3-5-12(11)17-18(16)25-13-7-6-10(19(20,21)22)8-14(13)26-17/h2-8H/b16-15+. The maximum atomic E-state index is 13.0. The highest BCUT2D eigenvalue weighted by Gasteiger charge is 2.32. The molecule has 0 radical (unpaired) electrons. The lowest BCUT2D eigenvalue weighted by Crippen LogP contribution is -2.05. The van der Waals surface area contributed by atoms with Gasteiger partial charge >= 0.3 is 6.18 Å². The number of aromatic nitrogens is 2. The largest absolute Gasteiger partial charge is 0.416 e. The fraction of sp³-hybridized carbons (Fsp3) is 0.0526. The number of nitriles is 1. The maximum Gasteiger partial charge on any atom is 0.416 e. The molecule has 0 spiro atoms. The molecule has 0 unspecified atom stereocenters. The van der Waals surface area contributed by atoms with Crippen LogP contribution in [0.15, 0.2) is 48.2 Å². The first-order valence-electron chi connectivity index (χ1n) is 7.45. The Kier molecular flexibility index (Phi) is 3.28. The molecule has 1 aliphatic carbocycles. The Morgan fingerprint density at radius 2 is 1.69 bits per heavy atom. The van der Waals surface area contributed by atoms with Gasteiger partial charge in [0.15, 0.2) is 0 Å². The van der Waals surface area contributed by atoms with Gasteiger partial charge in [-0.05, 0) is 23.8 Å². The second-order valence-corrected chi connectivity index (χ2v) is 5.61. The molecule has 0 aliphatic heterocycles. The molecule has 4 nitrogen and oxygen atoms in total. The number of nitrogens with zero attached hydrogens (tertiary/aromatic N) is 4. The molecule has 1 heterocycles. The highest BCUT2D eigenvalue weighted by molar-refractivity contribution is 6.02. The summed E-state index contributed by atoms with van der Waals surface area (Å²) in [5.74, 6) is 0. The highest BCUT2D eigenvalue weighted by atomic mass is 19.4. The van der Waals surface area contributed by atoms with Crippen LogP contribution in [0, 0.1) is 17.9 Å². The van der Waals surface area contributed by atoms with E-state index >= 15 is 0 Å². The maximum absolute atomic E-state index is 13.0. The molecule has 26 heavy (non-hydrogen) atoms. The lowest BCUT2D eigenvalue weighted by atomic mass is 10.0. The van der Waals surface area contributed by atoms with Gasteiger partial charge in [0.2, 0.25) is 0 Å². The van der Waals surface area contributed by atoms with E-state index in [2.05, 4.69) is 14.8 Å². The molecule has 124 valence electrons. The molecule has 0 saturated carbocycles. The van der Waals surface area contributed by atoms with Crippen LogP contribution in [-0.4, -0.2) is 9.97 Å². The lowest BCUT2D eigenvalue weighted by molar-refractivity contribution is -0.137. The van der Waals surface area contributed by atoms with Crippen LogP contribution >= 0.6 is 0 Å². The summed E-state index contributed by atoms with van der Waals surface area (Å²) in [5.41, 5.74) is 1.78. The molecule has 0 saturated heterocycles. The summed E-state index contributed by atoms with van der Waals surface area (Å²) in [7, 11) is 0. The minimum atomic E-state index is -4.48. The SMILES string of the molecule is [C-]#[N+]/C(C#N)=C1\c2ccccc2-c2nc3cc(C(F)(F)F)ccc3nc21. The third-order valence-corrected chi connectivity index (χ3v) is 4.13. The topological polar surface area (TPSA) is 53.9 Å². The predicted molar refractivity (Wildman–Crippen MR) is 88.2 cm³/mol. The Morgan fingerprint density at radius 1 is 1.00 bits per heavy atom. The van der Waals surface area contributed by atoms with E-state index in [0.29, 0.717) is 28.1 Å². The molecule has 7 heteroatoms. The van der Waals surface area contributed by atoms with Crippen LogP contribution in [-0.2, 0) is 6.18 Å². The Morgan fingerprint density at radius 3 is 2.35 bits per heavy atom. The Balaban J connectivity index is 2.08. The van der Waals surface area contributed by atoms with E-state index in [4.69, 9.17) is 6.57 Å². The van der Waals surface area contributed by atoms with Gasteiger partial charge in [-0.15, -0.1) is 0 Å². The van der Waals surface area contributed by atoms with Crippen molar-refractivity contribution in [2.24, 2.45) is 0 Å². The van der Waals surface area contributed by atoms with E-state index in [9.17, 15) is 18.4 Å².